The molecule has 100 valence electrons. The summed E-state index contributed by atoms with van der Waals surface area (Å²) in [4.78, 5) is 19.7. The highest BCUT2D eigenvalue weighted by Gasteiger charge is 2.12. The Kier molecular flexibility index (Phi) is 3.41. The highest BCUT2D eigenvalue weighted by molar-refractivity contribution is 5.78. The van der Waals surface area contributed by atoms with Crippen molar-refractivity contribution in [2.45, 2.75) is 6.42 Å². The van der Waals surface area contributed by atoms with Crippen LogP contribution >= 0.6 is 0 Å². The topological polar surface area (TPSA) is 56.5 Å². The van der Waals surface area contributed by atoms with E-state index in [-0.39, 0.29) is 0 Å². The molecular formula is C15H13N3O2. The van der Waals surface area contributed by atoms with Gasteiger partial charge in [0, 0.05) is 24.5 Å². The van der Waals surface area contributed by atoms with E-state index in [1.807, 2.05) is 36.4 Å². The quantitative estimate of drug-likeness (QED) is 0.665. The minimum Gasteiger partial charge on any atom is -0.476 e. The summed E-state index contributed by atoms with van der Waals surface area (Å²) in [6.07, 6.45) is 4.97. The van der Waals surface area contributed by atoms with Crippen LogP contribution in [0.5, 0.6) is 5.88 Å². The van der Waals surface area contributed by atoms with E-state index in [0.717, 1.165) is 12.0 Å². The van der Waals surface area contributed by atoms with Crippen molar-refractivity contribution < 1.29 is 9.53 Å². The van der Waals surface area contributed by atoms with Gasteiger partial charge >= 0.3 is 0 Å². The number of imidazole rings is 1. The maximum absolute atomic E-state index is 11.2. The number of carbonyl (C=O) groups is 1. The monoisotopic (exact) mass is 267 g/mol. The van der Waals surface area contributed by atoms with Crippen molar-refractivity contribution in [2.24, 2.45) is 0 Å². The third-order valence-corrected chi connectivity index (χ3v) is 2.97. The molecule has 0 radical (unpaired) electrons. The van der Waals surface area contributed by atoms with Crippen LogP contribution in [0, 0.1) is 0 Å². The van der Waals surface area contributed by atoms with Crippen LogP contribution in [0.15, 0.2) is 48.8 Å². The second-order valence-electron chi connectivity index (χ2n) is 4.27. The number of nitrogens with zero attached hydrogens (tertiary/aromatic N) is 3. The van der Waals surface area contributed by atoms with E-state index in [1.165, 1.54) is 0 Å². The Morgan fingerprint density at radius 3 is 2.90 bits per heavy atom. The van der Waals surface area contributed by atoms with Crippen LogP contribution in [0.4, 0.5) is 0 Å². The minimum absolute atomic E-state index is 0.363. The molecule has 0 aliphatic rings. The zero-order valence-electron chi connectivity index (χ0n) is 10.8. The second kappa shape index (κ2) is 5.52. The summed E-state index contributed by atoms with van der Waals surface area (Å²) in [5.74, 6) is 0.363. The van der Waals surface area contributed by atoms with Crippen molar-refractivity contribution in [2.75, 3.05) is 6.61 Å². The molecule has 20 heavy (non-hydrogen) atoms. The Labute approximate surface area is 115 Å². The first-order chi connectivity index (χ1) is 9.88. The van der Waals surface area contributed by atoms with Gasteiger partial charge in [0.25, 0.3) is 0 Å². The largest absolute Gasteiger partial charge is 0.476 e. The summed E-state index contributed by atoms with van der Waals surface area (Å²) in [5, 5.41) is 0. The number of fused-ring (bicyclic) bond motifs is 1. The van der Waals surface area contributed by atoms with Gasteiger partial charge in [0.1, 0.15) is 11.3 Å². The fourth-order valence-corrected chi connectivity index (χ4v) is 2.00. The Balaban J connectivity index is 1.76. The SMILES string of the molecule is O=Cc1c(OCCc2ccccn2)nc2ccccn12. The molecular weight excluding hydrogens is 254 g/mol. The average molecular weight is 267 g/mol. The number of rotatable bonds is 5. The Morgan fingerprint density at radius 2 is 2.10 bits per heavy atom. The lowest BCUT2D eigenvalue weighted by molar-refractivity contribution is 0.111. The molecule has 0 atom stereocenters. The molecule has 0 amide bonds. The summed E-state index contributed by atoms with van der Waals surface area (Å²) < 4.78 is 7.33. The average Bonchev–Trinajstić information content (AvgIpc) is 2.86. The van der Waals surface area contributed by atoms with Gasteiger partial charge in [-0.2, -0.15) is 4.98 Å². The third kappa shape index (κ3) is 2.38. The van der Waals surface area contributed by atoms with Gasteiger partial charge in [-0.3, -0.25) is 14.2 Å². The number of hydrogen-bond donors (Lipinski definition) is 0. The summed E-state index contributed by atoms with van der Waals surface area (Å²) in [5.41, 5.74) is 2.08. The third-order valence-electron chi connectivity index (χ3n) is 2.97. The molecule has 0 bridgehead atoms. The van der Waals surface area contributed by atoms with Gasteiger partial charge in [-0.1, -0.05) is 12.1 Å². The molecule has 3 rings (SSSR count). The molecule has 0 aliphatic carbocycles. The summed E-state index contributed by atoms with van der Waals surface area (Å²) in [7, 11) is 0. The number of pyridine rings is 2. The lowest BCUT2D eigenvalue weighted by atomic mass is 10.3. The zero-order chi connectivity index (χ0) is 13.8. The fourth-order valence-electron chi connectivity index (χ4n) is 2.00. The molecule has 0 aromatic carbocycles. The molecule has 3 heterocycles. The smallest absolute Gasteiger partial charge is 0.243 e. The predicted molar refractivity (Wildman–Crippen MR) is 74.0 cm³/mol. The van der Waals surface area contributed by atoms with E-state index in [1.54, 1.807) is 16.8 Å². The fraction of sp³-hybridized carbons (Fsp3) is 0.133. The van der Waals surface area contributed by atoms with Gasteiger partial charge in [0.05, 0.1) is 6.61 Å². The van der Waals surface area contributed by atoms with Crippen LogP contribution in [0.3, 0.4) is 0 Å². The second-order valence-corrected chi connectivity index (χ2v) is 4.27. The summed E-state index contributed by atoms with van der Waals surface area (Å²) in [6.45, 7) is 0.432. The number of carbonyl (C=O) groups excluding carboxylic acids is 1. The van der Waals surface area contributed by atoms with Crippen molar-refractivity contribution >= 4 is 11.9 Å². The van der Waals surface area contributed by atoms with Crippen molar-refractivity contribution in [3.8, 4) is 5.88 Å². The number of ether oxygens (including phenoxy) is 1. The maximum Gasteiger partial charge on any atom is 0.243 e. The molecule has 5 nitrogen and oxygen atoms in total. The van der Waals surface area contributed by atoms with Gasteiger partial charge in [-0.15, -0.1) is 0 Å². The molecule has 0 unspecified atom stereocenters. The van der Waals surface area contributed by atoms with Gasteiger partial charge < -0.3 is 4.74 Å². The number of hydrogen-bond acceptors (Lipinski definition) is 4. The summed E-state index contributed by atoms with van der Waals surface area (Å²) >= 11 is 0. The maximum atomic E-state index is 11.2. The van der Waals surface area contributed by atoms with E-state index < -0.39 is 0 Å². The predicted octanol–water partition coefficient (Wildman–Crippen LogP) is 2.16. The van der Waals surface area contributed by atoms with Crippen LogP contribution in [0.25, 0.3) is 5.65 Å². The molecule has 0 fully saturated rings. The van der Waals surface area contributed by atoms with Crippen LogP contribution in [-0.4, -0.2) is 27.3 Å². The number of aldehydes is 1. The van der Waals surface area contributed by atoms with Crippen LogP contribution in [0.2, 0.25) is 0 Å². The van der Waals surface area contributed by atoms with Gasteiger partial charge in [-0.25, -0.2) is 0 Å². The summed E-state index contributed by atoms with van der Waals surface area (Å²) in [6, 6.07) is 11.3. The lowest BCUT2D eigenvalue weighted by Gasteiger charge is -2.03. The normalized spacial score (nSPS) is 10.6. The molecule has 0 saturated heterocycles. The van der Waals surface area contributed by atoms with Crippen molar-refractivity contribution in [1.82, 2.24) is 14.4 Å². The van der Waals surface area contributed by atoms with E-state index in [0.29, 0.717) is 30.2 Å². The standard InChI is InChI=1S/C15H13N3O2/c19-11-13-15(17-14-6-2-4-9-18(13)14)20-10-7-12-5-1-3-8-16-12/h1-6,8-9,11H,7,10H2. The van der Waals surface area contributed by atoms with Gasteiger partial charge in [-0.05, 0) is 24.3 Å². The minimum atomic E-state index is 0.363. The Hall–Kier alpha value is -2.69. The van der Waals surface area contributed by atoms with Crippen molar-refractivity contribution in [3.05, 3.63) is 60.2 Å². The van der Waals surface area contributed by atoms with Gasteiger partial charge in [0.15, 0.2) is 6.29 Å². The molecule has 0 spiro atoms. The van der Waals surface area contributed by atoms with Crippen molar-refractivity contribution in [1.29, 1.82) is 0 Å². The van der Waals surface area contributed by atoms with E-state index in [2.05, 4.69) is 9.97 Å². The molecule has 5 heteroatoms. The molecule has 0 saturated carbocycles. The van der Waals surface area contributed by atoms with Crippen LogP contribution < -0.4 is 4.74 Å². The van der Waals surface area contributed by atoms with E-state index in [9.17, 15) is 4.79 Å². The molecule has 3 aromatic rings. The molecule has 0 aliphatic heterocycles. The van der Waals surface area contributed by atoms with Crippen molar-refractivity contribution in [3.63, 3.8) is 0 Å². The Morgan fingerprint density at radius 1 is 1.20 bits per heavy atom. The van der Waals surface area contributed by atoms with Crippen LogP contribution in [0.1, 0.15) is 16.2 Å². The van der Waals surface area contributed by atoms with Gasteiger partial charge in [0.2, 0.25) is 5.88 Å². The molecule has 0 N–H and O–H groups in total. The number of aromatic nitrogens is 3. The van der Waals surface area contributed by atoms with E-state index in [4.69, 9.17) is 4.74 Å². The van der Waals surface area contributed by atoms with E-state index >= 15 is 0 Å². The first-order valence-corrected chi connectivity index (χ1v) is 6.33. The lowest BCUT2D eigenvalue weighted by Crippen LogP contribution is -2.04. The zero-order valence-corrected chi connectivity index (χ0v) is 10.8. The molecule has 3 aromatic heterocycles. The first-order valence-electron chi connectivity index (χ1n) is 6.33. The Bertz CT molecular complexity index is 722. The highest BCUT2D eigenvalue weighted by Crippen LogP contribution is 2.18. The van der Waals surface area contributed by atoms with Crippen LogP contribution in [-0.2, 0) is 6.42 Å². The first kappa shape index (κ1) is 12.3. The highest BCUT2D eigenvalue weighted by atomic mass is 16.5.